The van der Waals surface area contributed by atoms with Crippen LogP contribution in [-0.2, 0) is 21.1 Å². The summed E-state index contributed by atoms with van der Waals surface area (Å²) >= 11 is 1.07. The zero-order valence-corrected chi connectivity index (χ0v) is 5.69. The van der Waals surface area contributed by atoms with E-state index >= 15 is 0 Å². The summed E-state index contributed by atoms with van der Waals surface area (Å²) < 4.78 is -0.0556. The fourth-order valence-corrected chi connectivity index (χ4v) is 0. The molecule has 0 aliphatic heterocycles. The van der Waals surface area contributed by atoms with E-state index in [1.54, 1.807) is 6.92 Å². The quantitative estimate of drug-likeness (QED) is 0.610. The second-order valence-electron chi connectivity index (χ2n) is 0.632. The number of aliphatic hydroxyl groups excluding tert-OH is 1. The van der Waals surface area contributed by atoms with Gasteiger partial charge in [-0.2, -0.15) is 0 Å². The van der Waals surface area contributed by atoms with Crippen LogP contribution in [0.3, 0.4) is 0 Å². The van der Waals surface area contributed by atoms with E-state index < -0.39 is 0 Å². The zero-order valence-electron chi connectivity index (χ0n) is 2.47. The molecule has 0 rings (SSSR count). The molecule has 0 radical (unpaired) electrons. The van der Waals surface area contributed by atoms with Gasteiger partial charge in [0.25, 0.3) is 0 Å². The second-order valence-corrected chi connectivity index (χ2v) is 3.32. The molecule has 1 nitrogen and oxygen atoms in total. The van der Waals surface area contributed by atoms with E-state index in [-0.39, 0.29) is 4.32 Å². The SMILES string of the molecule is C[CH](O)[Ta]. The summed E-state index contributed by atoms with van der Waals surface area (Å²) in [7, 11) is 0. The fourth-order valence-electron chi connectivity index (χ4n) is 0. The first-order chi connectivity index (χ1) is 1.73. The van der Waals surface area contributed by atoms with Crippen LogP contribution >= 0.6 is 0 Å². The Bertz CT molecular complexity index is 10.8. The van der Waals surface area contributed by atoms with Crippen molar-refractivity contribution >= 4 is 0 Å². The fraction of sp³-hybridized carbons (Fsp3) is 1.00. The Morgan fingerprint density at radius 1 is 2.00 bits per heavy atom. The molecule has 4 heavy (non-hydrogen) atoms. The molecule has 0 aliphatic rings. The summed E-state index contributed by atoms with van der Waals surface area (Å²) in [5.41, 5.74) is 0. The Kier molecular flexibility index (Phi) is 2.32. The molecule has 2 heteroatoms. The van der Waals surface area contributed by atoms with Crippen molar-refractivity contribution in [3.8, 4) is 0 Å². The first-order valence-corrected chi connectivity index (χ1v) is 2.95. The molecular weight excluding hydrogens is 221 g/mol. The number of hydrogen-bond acceptors (Lipinski definition) is 1. The topological polar surface area (TPSA) is 20.2 Å². The van der Waals surface area contributed by atoms with Gasteiger partial charge in [0.15, 0.2) is 0 Å². The van der Waals surface area contributed by atoms with Crippen molar-refractivity contribution in [2.24, 2.45) is 0 Å². The molecule has 1 unspecified atom stereocenters. The molecule has 0 saturated heterocycles. The van der Waals surface area contributed by atoms with Crippen LogP contribution in [0.1, 0.15) is 6.92 Å². The summed E-state index contributed by atoms with van der Waals surface area (Å²) in [6.45, 7) is 1.77. The van der Waals surface area contributed by atoms with E-state index in [4.69, 9.17) is 5.11 Å². The van der Waals surface area contributed by atoms with Gasteiger partial charge in [0.1, 0.15) is 0 Å². The molecular formula is C2H5OTa. The van der Waals surface area contributed by atoms with Crippen molar-refractivity contribution in [3.63, 3.8) is 0 Å². The van der Waals surface area contributed by atoms with Crippen LogP contribution in [-0.4, -0.2) is 9.43 Å². The minimum absolute atomic E-state index is 0.0556. The van der Waals surface area contributed by atoms with E-state index in [0.29, 0.717) is 0 Å². The summed E-state index contributed by atoms with van der Waals surface area (Å²) in [6, 6.07) is 0. The van der Waals surface area contributed by atoms with E-state index in [0.717, 1.165) is 21.1 Å². The van der Waals surface area contributed by atoms with E-state index in [1.807, 2.05) is 0 Å². The van der Waals surface area contributed by atoms with Crippen molar-refractivity contribution in [2.75, 3.05) is 0 Å². The van der Waals surface area contributed by atoms with Gasteiger partial charge in [-0.05, 0) is 0 Å². The predicted molar refractivity (Wildman–Crippen MR) is 11.7 cm³/mol. The Morgan fingerprint density at radius 3 is 2.00 bits per heavy atom. The van der Waals surface area contributed by atoms with E-state index in [9.17, 15) is 0 Å². The molecule has 1 N–H and O–H groups in total. The molecule has 0 heterocycles. The van der Waals surface area contributed by atoms with E-state index in [1.165, 1.54) is 0 Å². The number of rotatable bonds is 0. The molecule has 0 bridgehead atoms. The molecule has 0 aromatic rings. The first kappa shape index (κ1) is 4.70. The van der Waals surface area contributed by atoms with Crippen molar-refractivity contribution in [2.45, 2.75) is 11.2 Å². The van der Waals surface area contributed by atoms with Gasteiger partial charge < -0.3 is 0 Å². The van der Waals surface area contributed by atoms with Crippen LogP contribution in [0.4, 0.5) is 0 Å². The van der Waals surface area contributed by atoms with Crippen LogP contribution in [0.2, 0.25) is 0 Å². The molecule has 0 saturated carbocycles. The molecule has 0 spiro atoms. The molecule has 24 valence electrons. The van der Waals surface area contributed by atoms with Crippen molar-refractivity contribution in [1.82, 2.24) is 0 Å². The summed E-state index contributed by atoms with van der Waals surface area (Å²) in [6.07, 6.45) is 0. The molecule has 0 aromatic heterocycles. The van der Waals surface area contributed by atoms with Gasteiger partial charge in [-0.3, -0.25) is 0 Å². The third kappa shape index (κ3) is 15.9. The monoisotopic (exact) mass is 226 g/mol. The van der Waals surface area contributed by atoms with Crippen molar-refractivity contribution in [3.05, 3.63) is 0 Å². The van der Waals surface area contributed by atoms with Gasteiger partial charge >= 0.3 is 37.4 Å². The Hall–Kier alpha value is 0.700. The Morgan fingerprint density at radius 2 is 2.00 bits per heavy atom. The van der Waals surface area contributed by atoms with Gasteiger partial charge in [-0.15, -0.1) is 0 Å². The Balaban J connectivity index is 2.32. The maximum absolute atomic E-state index is 8.10. The second kappa shape index (κ2) is 1.97. The summed E-state index contributed by atoms with van der Waals surface area (Å²) in [5.74, 6) is 0. The molecule has 0 fully saturated rings. The van der Waals surface area contributed by atoms with Crippen LogP contribution < -0.4 is 0 Å². The molecule has 0 amide bonds. The van der Waals surface area contributed by atoms with Crippen molar-refractivity contribution < 1.29 is 26.2 Å². The van der Waals surface area contributed by atoms with Gasteiger partial charge in [-0.25, -0.2) is 0 Å². The first-order valence-electron chi connectivity index (χ1n) is 1.09. The van der Waals surface area contributed by atoms with Gasteiger partial charge in [-0.1, -0.05) is 0 Å². The van der Waals surface area contributed by atoms with Crippen LogP contribution in [0.15, 0.2) is 0 Å². The maximum atomic E-state index is 8.10. The predicted octanol–water partition coefficient (Wildman–Crippen LogP) is -0.129. The standard InChI is InChI=1S/C2H5O.Ta/c1-2-3;/h2-3H,1H3;. The van der Waals surface area contributed by atoms with Crippen LogP contribution in [0, 0.1) is 0 Å². The third-order valence-corrected chi connectivity index (χ3v) is 0. The summed E-state index contributed by atoms with van der Waals surface area (Å²) in [4.78, 5) is 0. The normalized spacial score (nSPS) is 15.5. The average Bonchev–Trinajstić information content (AvgIpc) is 0.811. The Labute approximate surface area is 37.9 Å². The van der Waals surface area contributed by atoms with Gasteiger partial charge in [0.05, 0.1) is 0 Å². The average molecular weight is 226 g/mol. The summed E-state index contributed by atoms with van der Waals surface area (Å²) in [5, 5.41) is 8.10. The minimum atomic E-state index is -0.0556. The van der Waals surface area contributed by atoms with Crippen LogP contribution in [0.5, 0.6) is 0 Å². The van der Waals surface area contributed by atoms with Gasteiger partial charge in [0, 0.05) is 0 Å². The molecule has 0 aromatic carbocycles. The number of hydrogen-bond donors (Lipinski definition) is 1. The van der Waals surface area contributed by atoms with Crippen LogP contribution in [0.25, 0.3) is 0 Å². The van der Waals surface area contributed by atoms with E-state index in [2.05, 4.69) is 0 Å². The number of aliphatic hydroxyl groups is 1. The third-order valence-electron chi connectivity index (χ3n) is 0. The zero-order chi connectivity index (χ0) is 3.58. The van der Waals surface area contributed by atoms with Crippen molar-refractivity contribution in [1.29, 1.82) is 0 Å². The molecule has 0 aliphatic carbocycles. The molecule has 1 atom stereocenters. The van der Waals surface area contributed by atoms with Gasteiger partial charge in [0.2, 0.25) is 0 Å².